The van der Waals surface area contributed by atoms with E-state index in [4.69, 9.17) is 11.6 Å². The molecule has 4 nitrogen and oxygen atoms in total. The van der Waals surface area contributed by atoms with Gasteiger partial charge in [0.1, 0.15) is 0 Å². The van der Waals surface area contributed by atoms with Crippen LogP contribution in [0.5, 0.6) is 0 Å². The van der Waals surface area contributed by atoms with E-state index in [1.807, 2.05) is 49.4 Å². The fraction of sp³-hybridized carbons (Fsp3) is 0.227. The van der Waals surface area contributed by atoms with Gasteiger partial charge in [-0.05, 0) is 49.2 Å². The van der Waals surface area contributed by atoms with E-state index in [1.165, 1.54) is 23.1 Å². The summed E-state index contributed by atoms with van der Waals surface area (Å²) in [4.78, 5) is 17.4. The molecule has 29 heavy (non-hydrogen) atoms. The molecule has 0 radical (unpaired) electrons. The Labute approximate surface area is 180 Å². The highest BCUT2D eigenvalue weighted by atomic mass is 35.5. The van der Waals surface area contributed by atoms with E-state index in [1.54, 1.807) is 16.2 Å². The Morgan fingerprint density at radius 2 is 1.79 bits per heavy atom. The number of carbonyl (C=O) groups excluding carboxylic acids is 1. The maximum absolute atomic E-state index is 13.3. The van der Waals surface area contributed by atoms with Crippen molar-refractivity contribution in [1.82, 2.24) is 4.90 Å². The van der Waals surface area contributed by atoms with E-state index in [9.17, 15) is 13.2 Å². The Morgan fingerprint density at radius 3 is 2.41 bits per heavy atom. The fourth-order valence-corrected chi connectivity index (χ4v) is 4.74. The van der Waals surface area contributed by atoms with Gasteiger partial charge in [0.2, 0.25) is 0 Å². The Morgan fingerprint density at radius 1 is 1.07 bits per heavy atom. The molecule has 7 heteroatoms. The Hall–Kier alpha value is -2.15. The molecule has 1 heterocycles. The summed E-state index contributed by atoms with van der Waals surface area (Å²) in [5.74, 6) is -0.275. The molecule has 3 aromatic rings. The average molecular weight is 448 g/mol. The molecule has 0 bridgehead atoms. The minimum atomic E-state index is -3.44. The molecule has 0 aliphatic rings. The molecule has 0 aliphatic carbocycles. The zero-order valence-corrected chi connectivity index (χ0v) is 18.7. The molecule has 0 spiro atoms. The molecule has 0 atom stereocenters. The van der Waals surface area contributed by atoms with E-state index in [0.29, 0.717) is 19.5 Å². The van der Waals surface area contributed by atoms with Crippen LogP contribution in [0.2, 0.25) is 5.02 Å². The number of hydrogen-bond donors (Lipinski definition) is 0. The standard InChI is InChI=1S/C22H22ClNO3S2/c1-16-8-9-18(28-16)15-24(13-12-17-6-4-3-5-7-17)22(25)20-14-19(29(2,26)27)10-11-21(20)23/h3-11,14H,12-13,15H2,1-2H3. The molecule has 0 saturated carbocycles. The van der Waals surface area contributed by atoms with Crippen LogP contribution in [-0.2, 0) is 22.8 Å². The summed E-state index contributed by atoms with van der Waals surface area (Å²) in [6, 6.07) is 18.2. The predicted molar refractivity (Wildman–Crippen MR) is 119 cm³/mol. The number of rotatable bonds is 7. The number of nitrogens with zero attached hydrogens (tertiary/aromatic N) is 1. The van der Waals surface area contributed by atoms with Gasteiger partial charge in [-0.15, -0.1) is 11.3 Å². The third-order valence-electron chi connectivity index (χ3n) is 4.54. The van der Waals surface area contributed by atoms with Gasteiger partial charge in [0.15, 0.2) is 9.84 Å². The highest BCUT2D eigenvalue weighted by Crippen LogP contribution is 2.24. The summed E-state index contributed by atoms with van der Waals surface area (Å²) in [6.07, 6.45) is 1.81. The first-order chi connectivity index (χ1) is 13.7. The van der Waals surface area contributed by atoms with E-state index in [2.05, 4.69) is 0 Å². The number of halogens is 1. The summed E-state index contributed by atoms with van der Waals surface area (Å²) in [5.41, 5.74) is 1.33. The smallest absolute Gasteiger partial charge is 0.255 e. The molecule has 0 unspecified atom stereocenters. The summed E-state index contributed by atoms with van der Waals surface area (Å²) >= 11 is 7.91. The van der Waals surface area contributed by atoms with Crippen LogP contribution in [0, 0.1) is 6.92 Å². The maximum atomic E-state index is 13.3. The van der Waals surface area contributed by atoms with Gasteiger partial charge in [-0.2, -0.15) is 0 Å². The monoisotopic (exact) mass is 447 g/mol. The van der Waals surface area contributed by atoms with Gasteiger partial charge < -0.3 is 4.90 Å². The van der Waals surface area contributed by atoms with Crippen LogP contribution < -0.4 is 0 Å². The number of amides is 1. The van der Waals surface area contributed by atoms with E-state index >= 15 is 0 Å². The number of benzene rings is 2. The quantitative estimate of drug-likeness (QED) is 0.512. The second kappa shape index (κ2) is 9.11. The van der Waals surface area contributed by atoms with Gasteiger partial charge in [0.05, 0.1) is 22.0 Å². The van der Waals surface area contributed by atoms with Crippen molar-refractivity contribution in [1.29, 1.82) is 0 Å². The van der Waals surface area contributed by atoms with Crippen LogP contribution in [-0.4, -0.2) is 32.0 Å². The van der Waals surface area contributed by atoms with E-state index in [-0.39, 0.29) is 21.4 Å². The van der Waals surface area contributed by atoms with Crippen LogP contribution >= 0.6 is 22.9 Å². The highest BCUT2D eigenvalue weighted by Gasteiger charge is 2.21. The highest BCUT2D eigenvalue weighted by molar-refractivity contribution is 7.90. The van der Waals surface area contributed by atoms with Crippen LogP contribution in [0.25, 0.3) is 0 Å². The van der Waals surface area contributed by atoms with Crippen molar-refractivity contribution in [3.8, 4) is 0 Å². The lowest BCUT2D eigenvalue weighted by Crippen LogP contribution is -2.32. The van der Waals surface area contributed by atoms with Crippen molar-refractivity contribution in [3.05, 3.63) is 86.6 Å². The number of sulfone groups is 1. The molecule has 0 saturated heterocycles. The second-order valence-electron chi connectivity index (χ2n) is 6.89. The van der Waals surface area contributed by atoms with Crippen molar-refractivity contribution in [2.75, 3.05) is 12.8 Å². The molecule has 1 aromatic heterocycles. The first kappa shape index (κ1) is 21.6. The van der Waals surface area contributed by atoms with Gasteiger partial charge in [-0.3, -0.25) is 4.79 Å². The molecule has 2 aromatic carbocycles. The van der Waals surface area contributed by atoms with Gasteiger partial charge in [0, 0.05) is 22.6 Å². The maximum Gasteiger partial charge on any atom is 0.255 e. The van der Waals surface area contributed by atoms with Gasteiger partial charge in [-0.25, -0.2) is 8.42 Å². The molecule has 0 fully saturated rings. The fourth-order valence-electron chi connectivity index (χ4n) is 2.99. The van der Waals surface area contributed by atoms with Gasteiger partial charge in [0.25, 0.3) is 5.91 Å². The second-order valence-corrected chi connectivity index (χ2v) is 10.7. The third-order valence-corrected chi connectivity index (χ3v) is 6.96. The minimum absolute atomic E-state index is 0.0835. The van der Waals surface area contributed by atoms with Crippen molar-refractivity contribution in [2.45, 2.75) is 24.8 Å². The first-order valence-corrected chi connectivity index (χ1v) is 12.2. The normalized spacial score (nSPS) is 11.4. The van der Waals surface area contributed by atoms with Gasteiger partial charge in [-0.1, -0.05) is 41.9 Å². The van der Waals surface area contributed by atoms with Crippen molar-refractivity contribution >= 4 is 38.7 Å². The lowest BCUT2D eigenvalue weighted by atomic mass is 10.1. The topological polar surface area (TPSA) is 54.5 Å². The van der Waals surface area contributed by atoms with Crippen LogP contribution in [0.3, 0.4) is 0 Å². The number of aryl methyl sites for hydroxylation is 1. The zero-order valence-electron chi connectivity index (χ0n) is 16.3. The average Bonchev–Trinajstić information content (AvgIpc) is 3.09. The van der Waals surface area contributed by atoms with Crippen molar-refractivity contribution in [2.24, 2.45) is 0 Å². The Bertz CT molecular complexity index is 1110. The van der Waals surface area contributed by atoms with Gasteiger partial charge >= 0.3 is 0 Å². The molecule has 152 valence electrons. The molecule has 0 N–H and O–H groups in total. The summed E-state index contributed by atoms with van der Waals surface area (Å²) in [6.45, 7) is 2.97. The Kier molecular flexibility index (Phi) is 6.77. The number of thiophene rings is 1. The zero-order chi connectivity index (χ0) is 21.0. The SMILES string of the molecule is Cc1ccc(CN(CCc2ccccc2)C(=O)c2cc(S(C)(=O)=O)ccc2Cl)s1. The molecule has 3 rings (SSSR count). The molecule has 0 aliphatic heterocycles. The summed E-state index contributed by atoms with van der Waals surface area (Å²) < 4.78 is 23.9. The number of carbonyl (C=O) groups is 1. The summed E-state index contributed by atoms with van der Waals surface area (Å²) in [5, 5.41) is 0.245. The largest absolute Gasteiger partial charge is 0.333 e. The van der Waals surface area contributed by atoms with Crippen LogP contribution in [0.15, 0.2) is 65.6 Å². The van der Waals surface area contributed by atoms with Crippen LogP contribution in [0.1, 0.15) is 25.7 Å². The van der Waals surface area contributed by atoms with E-state index < -0.39 is 9.84 Å². The predicted octanol–water partition coefficient (Wildman–Crippen LogP) is 5.00. The first-order valence-electron chi connectivity index (χ1n) is 9.12. The van der Waals surface area contributed by atoms with E-state index in [0.717, 1.165) is 16.7 Å². The molecular formula is C22H22ClNO3S2. The molecule has 1 amide bonds. The Balaban J connectivity index is 1.90. The lowest BCUT2D eigenvalue weighted by molar-refractivity contribution is 0.0746. The van der Waals surface area contributed by atoms with Crippen molar-refractivity contribution in [3.63, 3.8) is 0 Å². The molecular weight excluding hydrogens is 426 g/mol. The summed E-state index contributed by atoms with van der Waals surface area (Å²) in [7, 11) is -3.44. The minimum Gasteiger partial charge on any atom is -0.333 e. The van der Waals surface area contributed by atoms with Crippen LogP contribution in [0.4, 0.5) is 0 Å². The third kappa shape index (κ3) is 5.69. The van der Waals surface area contributed by atoms with Crippen molar-refractivity contribution < 1.29 is 13.2 Å². The number of hydrogen-bond acceptors (Lipinski definition) is 4. The lowest BCUT2D eigenvalue weighted by Gasteiger charge is -2.23.